The first-order valence-electron chi connectivity index (χ1n) is 8.14. The second kappa shape index (κ2) is 8.31. The Morgan fingerprint density at radius 3 is 2.36 bits per heavy atom. The fourth-order valence-corrected chi connectivity index (χ4v) is 2.55. The Bertz CT molecular complexity index is 791. The molecule has 0 aliphatic rings. The van der Waals surface area contributed by atoms with Crippen molar-refractivity contribution in [3.05, 3.63) is 95.8 Å². The fourth-order valence-electron chi connectivity index (χ4n) is 2.55. The molecular formula is C21H20FNO2. The zero-order valence-corrected chi connectivity index (χ0v) is 13.7. The first-order valence-corrected chi connectivity index (χ1v) is 8.14. The van der Waals surface area contributed by atoms with E-state index in [0.717, 1.165) is 16.9 Å². The van der Waals surface area contributed by atoms with Gasteiger partial charge in [-0.05, 0) is 41.5 Å². The lowest BCUT2D eigenvalue weighted by Gasteiger charge is -2.18. The molecule has 0 radical (unpaired) electrons. The highest BCUT2D eigenvalue weighted by Gasteiger charge is 2.11. The van der Waals surface area contributed by atoms with Gasteiger partial charge in [0, 0.05) is 5.69 Å². The summed E-state index contributed by atoms with van der Waals surface area (Å²) in [5.41, 5.74) is 2.63. The molecule has 0 spiro atoms. The van der Waals surface area contributed by atoms with Crippen molar-refractivity contribution >= 4 is 5.69 Å². The van der Waals surface area contributed by atoms with Crippen LogP contribution in [0.1, 0.15) is 17.2 Å². The molecule has 128 valence electrons. The molecule has 1 unspecified atom stereocenters. The molecule has 0 saturated heterocycles. The summed E-state index contributed by atoms with van der Waals surface area (Å²) in [6, 6.07) is 23.4. The third-order valence-corrected chi connectivity index (χ3v) is 3.88. The molecular weight excluding hydrogens is 317 g/mol. The Morgan fingerprint density at radius 2 is 1.68 bits per heavy atom. The Hall–Kier alpha value is -2.85. The third-order valence-electron chi connectivity index (χ3n) is 3.88. The van der Waals surface area contributed by atoms with Gasteiger partial charge in [0.05, 0.1) is 12.6 Å². The van der Waals surface area contributed by atoms with Gasteiger partial charge in [-0.15, -0.1) is 0 Å². The maximum atomic E-state index is 13.3. The van der Waals surface area contributed by atoms with Crippen LogP contribution in [0.4, 0.5) is 10.1 Å². The number of nitrogens with one attached hydrogen (secondary N) is 1. The van der Waals surface area contributed by atoms with E-state index in [1.807, 2.05) is 54.6 Å². The lowest BCUT2D eigenvalue weighted by molar-refractivity contribution is 0.276. The monoisotopic (exact) mass is 337 g/mol. The molecule has 0 bridgehead atoms. The Morgan fingerprint density at radius 1 is 0.920 bits per heavy atom. The highest BCUT2D eigenvalue weighted by Crippen LogP contribution is 2.22. The molecule has 0 heterocycles. The summed E-state index contributed by atoms with van der Waals surface area (Å²) in [7, 11) is 0. The van der Waals surface area contributed by atoms with Gasteiger partial charge in [0.25, 0.3) is 0 Å². The van der Waals surface area contributed by atoms with Crippen molar-refractivity contribution < 1.29 is 14.2 Å². The molecule has 0 fully saturated rings. The van der Waals surface area contributed by atoms with Gasteiger partial charge < -0.3 is 15.2 Å². The topological polar surface area (TPSA) is 41.5 Å². The van der Waals surface area contributed by atoms with Crippen LogP contribution in [0.25, 0.3) is 0 Å². The van der Waals surface area contributed by atoms with Crippen molar-refractivity contribution in [2.24, 2.45) is 0 Å². The fraction of sp³-hybridized carbons (Fsp3) is 0.143. The number of hydrogen-bond donors (Lipinski definition) is 2. The molecule has 3 aromatic carbocycles. The average molecular weight is 337 g/mol. The number of hydrogen-bond acceptors (Lipinski definition) is 3. The number of ether oxygens (including phenoxy) is 1. The molecule has 25 heavy (non-hydrogen) atoms. The molecule has 3 nitrogen and oxygen atoms in total. The van der Waals surface area contributed by atoms with Crippen LogP contribution in [0.2, 0.25) is 0 Å². The van der Waals surface area contributed by atoms with Gasteiger partial charge in [0.15, 0.2) is 0 Å². The van der Waals surface area contributed by atoms with Crippen molar-refractivity contribution in [1.82, 2.24) is 0 Å². The van der Waals surface area contributed by atoms with Crippen LogP contribution in [0.5, 0.6) is 5.75 Å². The number of anilines is 1. The molecule has 0 saturated carbocycles. The van der Waals surface area contributed by atoms with Gasteiger partial charge in [-0.1, -0.05) is 48.5 Å². The Balaban J connectivity index is 1.63. The van der Waals surface area contributed by atoms with Crippen molar-refractivity contribution in [3.8, 4) is 5.75 Å². The second-order valence-electron chi connectivity index (χ2n) is 5.73. The summed E-state index contributed by atoms with van der Waals surface area (Å²) in [6.07, 6.45) is 0. The Labute approximate surface area is 146 Å². The quantitative estimate of drug-likeness (QED) is 0.664. The van der Waals surface area contributed by atoms with E-state index >= 15 is 0 Å². The van der Waals surface area contributed by atoms with Crippen molar-refractivity contribution in [1.29, 1.82) is 0 Å². The lowest BCUT2D eigenvalue weighted by atomic mass is 10.1. The third kappa shape index (κ3) is 4.81. The van der Waals surface area contributed by atoms with Gasteiger partial charge in [-0.25, -0.2) is 4.39 Å². The molecule has 3 rings (SSSR count). The average Bonchev–Trinajstić information content (AvgIpc) is 2.66. The van der Waals surface area contributed by atoms with E-state index < -0.39 is 0 Å². The predicted octanol–water partition coefficient (Wildman–Crippen LogP) is 4.55. The van der Waals surface area contributed by atoms with Crippen LogP contribution >= 0.6 is 0 Å². The van der Waals surface area contributed by atoms with E-state index in [4.69, 9.17) is 4.74 Å². The molecule has 4 heteroatoms. The predicted molar refractivity (Wildman–Crippen MR) is 97.1 cm³/mol. The van der Waals surface area contributed by atoms with Crippen LogP contribution in [0.15, 0.2) is 78.9 Å². The van der Waals surface area contributed by atoms with Crippen LogP contribution < -0.4 is 10.1 Å². The van der Waals surface area contributed by atoms with E-state index in [2.05, 4.69) is 5.32 Å². The Kier molecular flexibility index (Phi) is 5.65. The van der Waals surface area contributed by atoms with E-state index in [-0.39, 0.29) is 18.5 Å². The number of halogens is 1. The van der Waals surface area contributed by atoms with Crippen LogP contribution in [-0.2, 0) is 6.61 Å². The molecule has 2 N–H and O–H groups in total. The van der Waals surface area contributed by atoms with E-state index in [1.54, 1.807) is 12.1 Å². The zero-order chi connectivity index (χ0) is 17.5. The minimum atomic E-state index is -0.315. The molecule has 0 aliphatic heterocycles. The lowest BCUT2D eigenvalue weighted by Crippen LogP contribution is -2.14. The van der Waals surface area contributed by atoms with Gasteiger partial charge >= 0.3 is 0 Å². The smallest absolute Gasteiger partial charge is 0.125 e. The van der Waals surface area contributed by atoms with Crippen molar-refractivity contribution in [2.45, 2.75) is 12.6 Å². The van der Waals surface area contributed by atoms with Crippen LogP contribution in [-0.4, -0.2) is 11.7 Å². The van der Waals surface area contributed by atoms with Gasteiger partial charge in [0.2, 0.25) is 0 Å². The summed E-state index contributed by atoms with van der Waals surface area (Å²) >= 11 is 0. The maximum absolute atomic E-state index is 13.3. The van der Waals surface area contributed by atoms with E-state index in [0.29, 0.717) is 12.3 Å². The molecule has 0 aromatic heterocycles. The van der Waals surface area contributed by atoms with Gasteiger partial charge in [-0.3, -0.25) is 0 Å². The van der Waals surface area contributed by atoms with Gasteiger partial charge in [-0.2, -0.15) is 0 Å². The zero-order valence-electron chi connectivity index (χ0n) is 13.7. The van der Waals surface area contributed by atoms with Crippen LogP contribution in [0.3, 0.4) is 0 Å². The number of rotatable bonds is 7. The summed E-state index contributed by atoms with van der Waals surface area (Å²) in [6.45, 7) is 0.409. The summed E-state index contributed by atoms with van der Waals surface area (Å²) in [5, 5.41) is 12.8. The first kappa shape index (κ1) is 17.0. The largest absolute Gasteiger partial charge is 0.489 e. The van der Waals surface area contributed by atoms with Crippen molar-refractivity contribution in [2.75, 3.05) is 11.9 Å². The minimum Gasteiger partial charge on any atom is -0.489 e. The normalized spacial score (nSPS) is 11.8. The number of aliphatic hydroxyl groups excluding tert-OH is 1. The highest BCUT2D eigenvalue weighted by atomic mass is 19.1. The number of aliphatic hydroxyl groups is 1. The summed E-state index contributed by atoms with van der Waals surface area (Å²) in [4.78, 5) is 0. The first-order chi connectivity index (χ1) is 12.2. The standard InChI is InChI=1S/C21H20FNO2/c22-18-7-4-8-19(13-18)23-21(14-24)17-9-11-20(12-10-17)25-15-16-5-2-1-3-6-16/h1-13,21,23-24H,14-15H2. The highest BCUT2D eigenvalue weighted by molar-refractivity contribution is 5.46. The summed E-state index contributed by atoms with van der Waals surface area (Å²) < 4.78 is 19.0. The summed E-state index contributed by atoms with van der Waals surface area (Å²) in [5.74, 6) is 0.446. The molecule has 3 aromatic rings. The maximum Gasteiger partial charge on any atom is 0.125 e. The van der Waals surface area contributed by atoms with E-state index in [9.17, 15) is 9.50 Å². The minimum absolute atomic E-state index is 0.0965. The number of benzene rings is 3. The SMILES string of the molecule is OCC(Nc1cccc(F)c1)c1ccc(OCc2ccccc2)cc1. The molecule has 1 atom stereocenters. The second-order valence-corrected chi connectivity index (χ2v) is 5.73. The van der Waals surface area contributed by atoms with Crippen molar-refractivity contribution in [3.63, 3.8) is 0 Å². The van der Waals surface area contributed by atoms with Crippen LogP contribution in [0, 0.1) is 5.82 Å². The molecule has 0 amide bonds. The molecule has 0 aliphatic carbocycles. The van der Waals surface area contributed by atoms with E-state index in [1.165, 1.54) is 12.1 Å². The van der Waals surface area contributed by atoms with Gasteiger partial charge in [0.1, 0.15) is 18.2 Å².